The van der Waals surface area contributed by atoms with Gasteiger partial charge in [-0.05, 0) is 42.5 Å². The normalized spacial score (nSPS) is 11.8. The summed E-state index contributed by atoms with van der Waals surface area (Å²) in [4.78, 5) is 15.5. The average Bonchev–Trinajstić information content (AvgIpc) is 2.76. The third-order valence-electron chi connectivity index (χ3n) is 5.07. The maximum atomic E-state index is 13.4. The number of ether oxygens (including phenoxy) is 2. The van der Waals surface area contributed by atoms with Crippen molar-refractivity contribution in [3.05, 3.63) is 63.9 Å². The van der Waals surface area contributed by atoms with Crippen LogP contribution in [-0.4, -0.2) is 50.2 Å². The number of sulfonamides is 1. The summed E-state index contributed by atoms with van der Waals surface area (Å²) >= 11 is 0. The molecular weight excluding hydrogens is 420 g/mol. The fraction of sp³-hybridized carbons (Fsp3) is 0.318. The average molecular weight is 447 g/mol. The van der Waals surface area contributed by atoms with E-state index in [-0.39, 0.29) is 42.3 Å². The summed E-state index contributed by atoms with van der Waals surface area (Å²) < 4.78 is 38.3. The van der Waals surface area contributed by atoms with Crippen LogP contribution in [0.5, 0.6) is 11.5 Å². The Balaban J connectivity index is 2.03. The van der Waals surface area contributed by atoms with E-state index in [4.69, 9.17) is 9.47 Å². The highest BCUT2D eigenvalue weighted by molar-refractivity contribution is 7.89. The first-order valence-electron chi connectivity index (χ1n) is 9.76. The molecule has 0 atom stereocenters. The molecule has 0 aliphatic heterocycles. The summed E-state index contributed by atoms with van der Waals surface area (Å²) in [6.07, 6.45) is 0.233. The summed E-state index contributed by atoms with van der Waals surface area (Å²) in [5.41, 5.74) is 1.62. The molecule has 0 saturated heterocycles. The molecule has 0 spiro atoms. The van der Waals surface area contributed by atoms with Gasteiger partial charge in [-0.2, -0.15) is 4.31 Å². The van der Waals surface area contributed by atoms with E-state index in [9.17, 15) is 18.3 Å². The van der Waals surface area contributed by atoms with E-state index in [1.54, 1.807) is 6.07 Å². The Morgan fingerprint density at radius 2 is 1.81 bits per heavy atom. The number of fused-ring (bicyclic) bond motifs is 1. The molecule has 0 radical (unpaired) electrons. The summed E-state index contributed by atoms with van der Waals surface area (Å²) in [6.45, 7) is 1.65. The number of hydrogen-bond donors (Lipinski definition) is 2. The number of para-hydroxylation sites is 1. The van der Waals surface area contributed by atoms with Gasteiger partial charge in [0.05, 0.1) is 24.6 Å². The van der Waals surface area contributed by atoms with Crippen molar-refractivity contribution in [2.24, 2.45) is 0 Å². The van der Waals surface area contributed by atoms with Gasteiger partial charge in [-0.25, -0.2) is 8.42 Å². The number of aromatic amines is 1. The molecule has 0 fully saturated rings. The third-order valence-corrected chi connectivity index (χ3v) is 6.91. The summed E-state index contributed by atoms with van der Waals surface area (Å²) in [5, 5.41) is 10.1. The van der Waals surface area contributed by atoms with Gasteiger partial charge in [0.15, 0.2) is 11.5 Å². The van der Waals surface area contributed by atoms with Gasteiger partial charge in [0.2, 0.25) is 10.0 Å². The number of aliphatic hydroxyl groups is 1. The third kappa shape index (κ3) is 4.73. The molecule has 2 aromatic carbocycles. The lowest BCUT2D eigenvalue weighted by molar-refractivity contribution is 0.267. The maximum Gasteiger partial charge on any atom is 0.252 e. The minimum Gasteiger partial charge on any atom is -0.493 e. The second kappa shape index (κ2) is 9.51. The van der Waals surface area contributed by atoms with Crippen LogP contribution >= 0.6 is 0 Å². The van der Waals surface area contributed by atoms with Crippen LogP contribution in [0.2, 0.25) is 0 Å². The van der Waals surface area contributed by atoms with Crippen LogP contribution in [0.3, 0.4) is 0 Å². The number of aromatic nitrogens is 1. The molecule has 3 aromatic rings. The zero-order valence-electron chi connectivity index (χ0n) is 17.7. The number of hydrogen-bond acceptors (Lipinski definition) is 6. The van der Waals surface area contributed by atoms with Gasteiger partial charge in [-0.3, -0.25) is 4.79 Å². The van der Waals surface area contributed by atoms with Gasteiger partial charge in [0, 0.05) is 31.3 Å². The van der Waals surface area contributed by atoms with Crippen molar-refractivity contribution >= 4 is 20.9 Å². The highest BCUT2D eigenvalue weighted by atomic mass is 32.2. The Morgan fingerprint density at radius 3 is 2.48 bits per heavy atom. The molecule has 0 amide bonds. The highest BCUT2D eigenvalue weighted by Gasteiger charge is 2.26. The quantitative estimate of drug-likeness (QED) is 0.523. The van der Waals surface area contributed by atoms with E-state index in [0.717, 1.165) is 16.5 Å². The molecule has 1 heterocycles. The molecule has 9 heteroatoms. The minimum absolute atomic E-state index is 0.0103. The zero-order valence-corrected chi connectivity index (χ0v) is 18.5. The minimum atomic E-state index is -3.97. The van der Waals surface area contributed by atoms with Crippen molar-refractivity contribution < 1.29 is 23.0 Å². The van der Waals surface area contributed by atoms with Gasteiger partial charge < -0.3 is 19.6 Å². The molecule has 0 aliphatic carbocycles. The molecule has 0 aliphatic rings. The molecule has 3 rings (SSSR count). The second-order valence-corrected chi connectivity index (χ2v) is 9.03. The number of aryl methyl sites for hydroxylation is 1. The lowest BCUT2D eigenvalue weighted by Crippen LogP contribution is -2.34. The molecule has 166 valence electrons. The van der Waals surface area contributed by atoms with Gasteiger partial charge in [-0.15, -0.1) is 0 Å². The van der Waals surface area contributed by atoms with Crippen molar-refractivity contribution in [3.8, 4) is 11.5 Å². The molecule has 31 heavy (non-hydrogen) atoms. The van der Waals surface area contributed by atoms with Crippen LogP contribution in [0.1, 0.15) is 17.5 Å². The number of rotatable bonds is 9. The standard InChI is InChI=1S/C22H26N2O6S/c1-15-6-4-7-16-12-17(22(26)23-21(15)16)14-24(10-5-11-25)31(27,28)18-8-9-19(29-2)20(13-18)30-3/h4,6-9,12-13,25H,5,10-11,14H2,1-3H3,(H,23,26). The Bertz CT molecular complexity index is 1240. The number of benzene rings is 2. The van der Waals surface area contributed by atoms with Crippen molar-refractivity contribution in [2.45, 2.75) is 24.8 Å². The van der Waals surface area contributed by atoms with Crippen LogP contribution in [-0.2, 0) is 16.6 Å². The Labute approximate surface area is 181 Å². The van der Waals surface area contributed by atoms with E-state index in [1.807, 2.05) is 25.1 Å². The predicted octanol–water partition coefficient (Wildman–Crippen LogP) is 2.43. The summed E-state index contributed by atoms with van der Waals surface area (Å²) in [7, 11) is -1.08. The van der Waals surface area contributed by atoms with Crippen LogP contribution < -0.4 is 15.0 Å². The SMILES string of the molecule is COc1ccc(S(=O)(=O)N(CCCO)Cc2cc3cccc(C)c3[nH]c2=O)cc1OC. The first kappa shape index (κ1) is 22.8. The van der Waals surface area contributed by atoms with Crippen LogP contribution in [0.25, 0.3) is 10.9 Å². The lowest BCUT2D eigenvalue weighted by Gasteiger charge is -2.22. The van der Waals surface area contributed by atoms with Crippen molar-refractivity contribution in [1.29, 1.82) is 0 Å². The van der Waals surface area contributed by atoms with Gasteiger partial charge >= 0.3 is 0 Å². The fourth-order valence-corrected chi connectivity index (χ4v) is 4.87. The van der Waals surface area contributed by atoms with Gasteiger partial charge in [0.25, 0.3) is 5.56 Å². The second-order valence-electron chi connectivity index (χ2n) is 7.10. The van der Waals surface area contributed by atoms with Crippen LogP contribution in [0.15, 0.2) is 52.2 Å². The number of H-pyrrole nitrogens is 1. The monoisotopic (exact) mass is 446 g/mol. The predicted molar refractivity (Wildman–Crippen MR) is 118 cm³/mol. The van der Waals surface area contributed by atoms with Crippen molar-refractivity contribution in [1.82, 2.24) is 9.29 Å². The van der Waals surface area contributed by atoms with E-state index in [0.29, 0.717) is 11.3 Å². The molecule has 1 aromatic heterocycles. The van der Waals surface area contributed by atoms with Gasteiger partial charge in [0.1, 0.15) is 0 Å². The van der Waals surface area contributed by atoms with E-state index in [2.05, 4.69) is 4.98 Å². The number of nitrogens with one attached hydrogen (secondary N) is 1. The largest absolute Gasteiger partial charge is 0.493 e. The summed E-state index contributed by atoms with van der Waals surface area (Å²) in [5.74, 6) is 0.689. The first-order chi connectivity index (χ1) is 14.8. The number of nitrogens with zero attached hydrogens (tertiary/aromatic N) is 1. The van der Waals surface area contributed by atoms with Crippen molar-refractivity contribution in [3.63, 3.8) is 0 Å². The van der Waals surface area contributed by atoms with Crippen LogP contribution in [0.4, 0.5) is 0 Å². The highest BCUT2D eigenvalue weighted by Crippen LogP contribution is 2.31. The molecule has 0 saturated carbocycles. The molecule has 0 bridgehead atoms. The summed E-state index contributed by atoms with van der Waals surface area (Å²) in [6, 6.07) is 11.7. The van der Waals surface area contributed by atoms with Crippen molar-refractivity contribution in [2.75, 3.05) is 27.4 Å². The fourth-order valence-electron chi connectivity index (χ4n) is 3.39. The topological polar surface area (TPSA) is 109 Å². The lowest BCUT2D eigenvalue weighted by atomic mass is 10.1. The van der Waals surface area contributed by atoms with E-state index < -0.39 is 10.0 Å². The molecule has 2 N–H and O–H groups in total. The Kier molecular flexibility index (Phi) is 6.99. The zero-order chi connectivity index (χ0) is 22.6. The number of aliphatic hydroxyl groups excluding tert-OH is 1. The Hall–Kier alpha value is -2.88. The maximum absolute atomic E-state index is 13.4. The van der Waals surface area contributed by atoms with E-state index in [1.165, 1.54) is 36.7 Å². The Morgan fingerprint density at radius 1 is 1.06 bits per heavy atom. The smallest absolute Gasteiger partial charge is 0.252 e. The molecule has 0 unspecified atom stereocenters. The van der Waals surface area contributed by atoms with Gasteiger partial charge in [-0.1, -0.05) is 18.2 Å². The molecule has 8 nitrogen and oxygen atoms in total. The van der Waals surface area contributed by atoms with E-state index >= 15 is 0 Å². The first-order valence-corrected chi connectivity index (χ1v) is 11.2. The number of pyridine rings is 1. The number of methoxy groups -OCH3 is 2. The van der Waals surface area contributed by atoms with Crippen LogP contribution in [0, 0.1) is 6.92 Å². The molecular formula is C22H26N2O6S.